The Morgan fingerprint density at radius 1 is 1.03 bits per heavy atom. The summed E-state index contributed by atoms with van der Waals surface area (Å²) in [4.78, 5) is 16.9. The molecule has 3 aromatic carbocycles. The normalized spacial score (nSPS) is 11.0. The van der Waals surface area contributed by atoms with E-state index in [-0.39, 0.29) is 22.5 Å². The van der Waals surface area contributed by atoms with Crippen LogP contribution in [0.15, 0.2) is 66.7 Å². The van der Waals surface area contributed by atoms with Crippen LogP contribution in [0, 0.1) is 5.21 Å². The Labute approximate surface area is 212 Å². The summed E-state index contributed by atoms with van der Waals surface area (Å²) in [5, 5.41) is 27.6. The third-order valence-corrected chi connectivity index (χ3v) is 6.00. The molecule has 0 aliphatic rings. The van der Waals surface area contributed by atoms with Crippen LogP contribution in [0.5, 0.6) is 11.6 Å². The number of aromatic nitrogens is 6. The number of hydrogen-bond acceptors (Lipinski definition) is 8. The quantitative estimate of drug-likeness (QED) is 0.187. The summed E-state index contributed by atoms with van der Waals surface area (Å²) in [6, 6.07) is 20.0. The van der Waals surface area contributed by atoms with E-state index < -0.39 is 5.97 Å². The van der Waals surface area contributed by atoms with Gasteiger partial charge in [0.2, 0.25) is 11.3 Å². The van der Waals surface area contributed by atoms with Gasteiger partial charge in [0.1, 0.15) is 5.75 Å². The van der Waals surface area contributed by atoms with Gasteiger partial charge in [0.15, 0.2) is 5.52 Å². The lowest BCUT2D eigenvalue weighted by atomic mass is 9.99. The number of para-hydroxylation sites is 1. The number of methoxy groups -OCH3 is 1. The summed E-state index contributed by atoms with van der Waals surface area (Å²) in [5.41, 5.74) is 3.82. The third-order valence-electron chi connectivity index (χ3n) is 6.00. The summed E-state index contributed by atoms with van der Waals surface area (Å²) in [6.07, 6.45) is 2.17. The summed E-state index contributed by atoms with van der Waals surface area (Å²) in [7, 11) is 1.29. The van der Waals surface area contributed by atoms with E-state index in [1.54, 1.807) is 30.3 Å². The molecule has 37 heavy (non-hydrogen) atoms. The first-order valence-electron chi connectivity index (χ1n) is 11.8. The van der Waals surface area contributed by atoms with Crippen molar-refractivity contribution in [3.63, 3.8) is 0 Å². The number of tetrazole rings is 1. The van der Waals surface area contributed by atoms with E-state index in [4.69, 9.17) is 9.47 Å². The second-order valence-electron chi connectivity index (χ2n) is 8.33. The summed E-state index contributed by atoms with van der Waals surface area (Å²) >= 11 is 0. The Bertz CT molecular complexity index is 1550. The van der Waals surface area contributed by atoms with Gasteiger partial charge in [-0.2, -0.15) is 9.94 Å². The van der Waals surface area contributed by atoms with Crippen molar-refractivity contribution in [2.45, 2.75) is 26.2 Å². The SMILES string of the molecule is CCCCc1c(Oc2ccc(-c3ccccc3-c3nn[nH]n3)cc2)nc2c(C(=O)OC)cccc2[n+]1[O-]. The van der Waals surface area contributed by atoms with E-state index in [0.717, 1.165) is 34.3 Å². The van der Waals surface area contributed by atoms with E-state index >= 15 is 0 Å². The molecule has 186 valence electrons. The van der Waals surface area contributed by atoms with Crippen molar-refractivity contribution in [1.29, 1.82) is 0 Å². The molecule has 0 aliphatic carbocycles. The fraction of sp³-hybridized carbons (Fsp3) is 0.185. The Balaban J connectivity index is 1.53. The lowest BCUT2D eigenvalue weighted by Crippen LogP contribution is -2.34. The number of benzene rings is 3. The molecule has 0 fully saturated rings. The highest BCUT2D eigenvalue weighted by Gasteiger charge is 2.24. The minimum atomic E-state index is -0.574. The molecule has 0 spiro atoms. The molecule has 2 aromatic heterocycles. The number of unbranched alkanes of at least 4 members (excludes halogenated alkanes) is 1. The van der Waals surface area contributed by atoms with Crippen LogP contribution in [0.4, 0.5) is 0 Å². The minimum absolute atomic E-state index is 0.159. The number of aromatic amines is 1. The van der Waals surface area contributed by atoms with Crippen LogP contribution in [0.2, 0.25) is 0 Å². The van der Waals surface area contributed by atoms with Crippen molar-refractivity contribution >= 4 is 17.0 Å². The highest BCUT2D eigenvalue weighted by atomic mass is 16.5. The summed E-state index contributed by atoms with van der Waals surface area (Å²) in [6.45, 7) is 2.05. The molecular formula is C27H24N6O4. The van der Waals surface area contributed by atoms with Gasteiger partial charge in [0.25, 0.3) is 11.6 Å². The molecule has 0 saturated heterocycles. The molecule has 0 unspecified atom stereocenters. The molecule has 10 nitrogen and oxygen atoms in total. The van der Waals surface area contributed by atoms with Crippen LogP contribution >= 0.6 is 0 Å². The zero-order valence-corrected chi connectivity index (χ0v) is 20.3. The van der Waals surface area contributed by atoms with E-state index in [0.29, 0.717) is 23.7 Å². The van der Waals surface area contributed by atoms with Gasteiger partial charge in [-0.3, -0.25) is 0 Å². The maximum Gasteiger partial charge on any atom is 0.340 e. The molecular weight excluding hydrogens is 472 g/mol. The number of esters is 1. The number of rotatable bonds is 8. The van der Waals surface area contributed by atoms with Gasteiger partial charge in [-0.1, -0.05) is 55.8 Å². The molecule has 0 bridgehead atoms. The first kappa shape index (κ1) is 23.9. The fourth-order valence-electron chi connectivity index (χ4n) is 4.14. The molecule has 1 N–H and O–H groups in total. The Hall–Kier alpha value is -4.86. The van der Waals surface area contributed by atoms with Crippen molar-refractivity contribution in [1.82, 2.24) is 25.6 Å². The Morgan fingerprint density at radius 3 is 2.51 bits per heavy atom. The molecule has 2 heterocycles. The maximum atomic E-state index is 13.3. The van der Waals surface area contributed by atoms with Crippen molar-refractivity contribution in [3.8, 4) is 34.1 Å². The first-order chi connectivity index (χ1) is 18.1. The van der Waals surface area contributed by atoms with Gasteiger partial charge < -0.3 is 14.7 Å². The Morgan fingerprint density at radius 2 is 1.81 bits per heavy atom. The maximum absolute atomic E-state index is 13.3. The first-order valence-corrected chi connectivity index (χ1v) is 11.8. The van der Waals surface area contributed by atoms with Crippen LogP contribution in [-0.2, 0) is 11.2 Å². The van der Waals surface area contributed by atoms with Crippen molar-refractivity contribution in [3.05, 3.63) is 83.2 Å². The van der Waals surface area contributed by atoms with Gasteiger partial charge in [0.05, 0.1) is 12.7 Å². The molecule has 0 aliphatic heterocycles. The van der Waals surface area contributed by atoms with Gasteiger partial charge in [-0.05, 0) is 41.0 Å². The number of H-pyrrole nitrogens is 1. The number of nitrogens with one attached hydrogen (secondary N) is 1. The largest absolute Gasteiger partial charge is 0.618 e. The lowest BCUT2D eigenvalue weighted by molar-refractivity contribution is -0.586. The van der Waals surface area contributed by atoms with Crippen LogP contribution in [-0.4, -0.2) is 38.7 Å². The number of nitrogens with zero attached hydrogens (tertiary/aromatic N) is 5. The van der Waals surface area contributed by atoms with Gasteiger partial charge in [-0.25, -0.2) is 9.78 Å². The second-order valence-corrected chi connectivity index (χ2v) is 8.33. The van der Waals surface area contributed by atoms with Crippen molar-refractivity contribution in [2.75, 3.05) is 7.11 Å². The van der Waals surface area contributed by atoms with E-state index in [9.17, 15) is 10.0 Å². The monoisotopic (exact) mass is 496 g/mol. The fourth-order valence-corrected chi connectivity index (χ4v) is 4.14. The standard InChI is InChI=1S/C27H24N6O4/c1-3-4-11-23-26(28-24-21(27(34)36-2)10-7-12-22(24)33(23)35)37-18-15-13-17(14-16-18)19-8-5-6-9-20(19)25-29-31-32-30-25/h5-10,12-16H,3-4,11H2,1-2H3,(H,29,30,31,32). The topological polar surface area (TPSA) is 130 Å². The minimum Gasteiger partial charge on any atom is -0.618 e. The predicted octanol–water partition coefficient (Wildman–Crippen LogP) is 4.64. The number of fused-ring (bicyclic) bond motifs is 1. The lowest BCUT2D eigenvalue weighted by Gasteiger charge is -2.14. The molecule has 0 amide bonds. The van der Waals surface area contributed by atoms with Crippen molar-refractivity contribution < 1.29 is 19.0 Å². The van der Waals surface area contributed by atoms with Crippen LogP contribution in [0.25, 0.3) is 33.5 Å². The molecule has 0 atom stereocenters. The van der Waals surface area contributed by atoms with Crippen LogP contribution in [0.1, 0.15) is 35.8 Å². The smallest absolute Gasteiger partial charge is 0.340 e. The highest BCUT2D eigenvalue weighted by molar-refractivity contribution is 6.01. The highest BCUT2D eigenvalue weighted by Crippen LogP contribution is 2.32. The van der Waals surface area contributed by atoms with Gasteiger partial charge in [-0.15, -0.1) is 10.2 Å². The molecule has 0 saturated carbocycles. The van der Waals surface area contributed by atoms with Crippen LogP contribution in [0.3, 0.4) is 0 Å². The Kier molecular flexibility index (Phi) is 6.71. The zero-order valence-electron chi connectivity index (χ0n) is 20.3. The molecule has 10 heteroatoms. The number of hydrogen-bond donors (Lipinski definition) is 1. The average molecular weight is 497 g/mol. The number of ether oxygens (including phenoxy) is 2. The van der Waals surface area contributed by atoms with Crippen LogP contribution < -0.4 is 9.47 Å². The molecule has 0 radical (unpaired) electrons. The van der Waals surface area contributed by atoms with E-state index in [2.05, 4.69) is 25.6 Å². The molecule has 5 aromatic rings. The average Bonchev–Trinajstić information content (AvgIpc) is 3.48. The summed E-state index contributed by atoms with van der Waals surface area (Å²) < 4.78 is 11.8. The van der Waals surface area contributed by atoms with Crippen molar-refractivity contribution in [2.24, 2.45) is 0 Å². The van der Waals surface area contributed by atoms with E-state index in [1.807, 2.05) is 43.3 Å². The third kappa shape index (κ3) is 4.68. The van der Waals surface area contributed by atoms with E-state index in [1.165, 1.54) is 7.11 Å². The zero-order chi connectivity index (χ0) is 25.8. The van der Waals surface area contributed by atoms with Gasteiger partial charge in [0, 0.05) is 18.1 Å². The van der Waals surface area contributed by atoms with Gasteiger partial charge >= 0.3 is 5.97 Å². The summed E-state index contributed by atoms with van der Waals surface area (Å²) in [5.74, 6) is 0.585. The second kappa shape index (κ2) is 10.4. The molecule has 5 rings (SSSR count). The predicted molar refractivity (Wildman–Crippen MR) is 136 cm³/mol. The number of carbonyl (C=O) groups is 1. The number of carbonyl (C=O) groups excluding carboxylic acids is 1.